The van der Waals surface area contributed by atoms with Crippen molar-refractivity contribution >= 4 is 17.7 Å². The first kappa shape index (κ1) is 9.52. The molecular weight excluding hydrogens is 190 g/mol. The van der Waals surface area contributed by atoms with E-state index in [-0.39, 0.29) is 5.97 Å². The lowest BCUT2D eigenvalue weighted by Gasteiger charge is -2.02. The SMILES string of the molecule is COC(=O)C1=Cc2ccccc2NC=C1. The highest BCUT2D eigenvalue weighted by atomic mass is 16.5. The molecule has 0 fully saturated rings. The molecule has 1 aliphatic heterocycles. The van der Waals surface area contributed by atoms with Gasteiger partial charge >= 0.3 is 5.97 Å². The predicted molar refractivity (Wildman–Crippen MR) is 59.2 cm³/mol. The molecule has 1 aromatic carbocycles. The number of carbonyl (C=O) groups excluding carboxylic acids is 1. The molecule has 2 rings (SSSR count). The molecule has 15 heavy (non-hydrogen) atoms. The Labute approximate surface area is 88.1 Å². The molecule has 0 saturated carbocycles. The first-order valence-corrected chi connectivity index (χ1v) is 4.63. The molecule has 1 aliphatic rings. The van der Waals surface area contributed by atoms with E-state index in [4.69, 9.17) is 0 Å². The number of esters is 1. The van der Waals surface area contributed by atoms with Gasteiger partial charge in [-0.2, -0.15) is 0 Å². The van der Waals surface area contributed by atoms with Gasteiger partial charge in [0.1, 0.15) is 0 Å². The van der Waals surface area contributed by atoms with Crippen LogP contribution >= 0.6 is 0 Å². The van der Waals surface area contributed by atoms with Gasteiger partial charge in [-0.05, 0) is 23.8 Å². The van der Waals surface area contributed by atoms with E-state index in [0.717, 1.165) is 11.3 Å². The Balaban J connectivity index is 2.44. The lowest BCUT2D eigenvalue weighted by atomic mass is 10.1. The molecule has 0 spiro atoms. The fourth-order valence-electron chi connectivity index (χ4n) is 1.44. The fourth-order valence-corrected chi connectivity index (χ4v) is 1.44. The van der Waals surface area contributed by atoms with Crippen molar-refractivity contribution in [3.8, 4) is 0 Å². The van der Waals surface area contributed by atoms with Crippen molar-refractivity contribution in [2.75, 3.05) is 12.4 Å². The molecule has 0 unspecified atom stereocenters. The summed E-state index contributed by atoms with van der Waals surface area (Å²) in [6.07, 6.45) is 5.23. The number of ether oxygens (including phenoxy) is 1. The van der Waals surface area contributed by atoms with E-state index >= 15 is 0 Å². The molecule has 3 heteroatoms. The number of rotatable bonds is 1. The lowest BCUT2D eigenvalue weighted by molar-refractivity contribution is -0.135. The second kappa shape index (κ2) is 4.00. The van der Waals surface area contributed by atoms with Gasteiger partial charge in [-0.1, -0.05) is 18.2 Å². The van der Waals surface area contributed by atoms with Gasteiger partial charge in [-0.3, -0.25) is 0 Å². The molecule has 0 aliphatic carbocycles. The van der Waals surface area contributed by atoms with Crippen LogP contribution in [0.5, 0.6) is 0 Å². The van der Waals surface area contributed by atoms with Gasteiger partial charge in [0, 0.05) is 11.9 Å². The molecule has 0 aromatic heterocycles. The van der Waals surface area contributed by atoms with Crippen molar-refractivity contribution in [2.45, 2.75) is 0 Å². The summed E-state index contributed by atoms with van der Waals surface area (Å²) < 4.78 is 4.67. The molecule has 0 amide bonds. The topological polar surface area (TPSA) is 38.3 Å². The van der Waals surface area contributed by atoms with Crippen molar-refractivity contribution in [1.82, 2.24) is 0 Å². The minimum atomic E-state index is -0.329. The number of hydrogen-bond donors (Lipinski definition) is 1. The van der Waals surface area contributed by atoms with Crippen LogP contribution in [-0.4, -0.2) is 13.1 Å². The molecule has 76 valence electrons. The maximum atomic E-state index is 11.4. The average molecular weight is 201 g/mol. The summed E-state index contributed by atoms with van der Waals surface area (Å²) in [4.78, 5) is 11.4. The molecule has 1 aromatic rings. The normalized spacial score (nSPS) is 13.3. The first-order valence-electron chi connectivity index (χ1n) is 4.63. The van der Waals surface area contributed by atoms with Crippen LogP contribution in [0.4, 0.5) is 5.69 Å². The molecule has 3 nitrogen and oxygen atoms in total. The maximum absolute atomic E-state index is 11.4. The van der Waals surface area contributed by atoms with Crippen LogP contribution in [0.2, 0.25) is 0 Å². The lowest BCUT2D eigenvalue weighted by Crippen LogP contribution is -2.01. The minimum absolute atomic E-state index is 0.329. The van der Waals surface area contributed by atoms with Crippen molar-refractivity contribution in [1.29, 1.82) is 0 Å². The van der Waals surface area contributed by atoms with Gasteiger partial charge < -0.3 is 10.1 Å². The van der Waals surface area contributed by atoms with Gasteiger partial charge in [-0.15, -0.1) is 0 Å². The second-order valence-electron chi connectivity index (χ2n) is 3.16. The van der Waals surface area contributed by atoms with Crippen molar-refractivity contribution in [3.05, 3.63) is 47.7 Å². The van der Waals surface area contributed by atoms with Crippen LogP contribution in [0.1, 0.15) is 5.56 Å². The van der Waals surface area contributed by atoms with Crippen molar-refractivity contribution in [2.24, 2.45) is 0 Å². The zero-order valence-corrected chi connectivity index (χ0v) is 8.36. The summed E-state index contributed by atoms with van der Waals surface area (Å²) in [5.74, 6) is -0.329. The Morgan fingerprint density at radius 1 is 1.33 bits per heavy atom. The number of benzene rings is 1. The van der Waals surface area contributed by atoms with Gasteiger partial charge in [-0.25, -0.2) is 4.79 Å². The van der Waals surface area contributed by atoms with Gasteiger partial charge in [0.05, 0.1) is 12.7 Å². The Kier molecular flexibility index (Phi) is 2.54. The van der Waals surface area contributed by atoms with E-state index in [2.05, 4.69) is 10.1 Å². The predicted octanol–water partition coefficient (Wildman–Crippen LogP) is 2.18. The zero-order chi connectivity index (χ0) is 10.7. The van der Waals surface area contributed by atoms with Crippen LogP contribution < -0.4 is 5.32 Å². The number of methoxy groups -OCH3 is 1. The summed E-state index contributed by atoms with van der Waals surface area (Å²) in [5.41, 5.74) is 2.49. The third-order valence-electron chi connectivity index (χ3n) is 2.19. The van der Waals surface area contributed by atoms with E-state index in [1.54, 1.807) is 18.4 Å². The summed E-state index contributed by atoms with van der Waals surface area (Å²) in [5, 5.41) is 3.09. The third kappa shape index (κ3) is 1.91. The van der Waals surface area contributed by atoms with E-state index in [9.17, 15) is 4.79 Å². The van der Waals surface area contributed by atoms with Gasteiger partial charge in [0.15, 0.2) is 0 Å². The number of anilines is 1. The third-order valence-corrected chi connectivity index (χ3v) is 2.19. The average Bonchev–Trinajstić information content (AvgIpc) is 2.49. The van der Waals surface area contributed by atoms with Crippen LogP contribution in [-0.2, 0) is 9.53 Å². The van der Waals surface area contributed by atoms with Gasteiger partial charge in [0.2, 0.25) is 0 Å². The highest BCUT2D eigenvalue weighted by molar-refractivity contribution is 5.98. The highest BCUT2D eigenvalue weighted by Gasteiger charge is 2.09. The summed E-state index contributed by atoms with van der Waals surface area (Å²) in [6.45, 7) is 0. The molecule has 0 radical (unpaired) electrons. The van der Waals surface area contributed by atoms with E-state index in [0.29, 0.717) is 5.57 Å². The standard InChI is InChI=1S/C12H11NO2/c1-15-12(14)10-6-7-13-11-5-3-2-4-9(11)8-10/h2-8,13H,1H3. The van der Waals surface area contributed by atoms with E-state index < -0.39 is 0 Å². The minimum Gasteiger partial charge on any atom is -0.465 e. The van der Waals surface area contributed by atoms with E-state index in [1.165, 1.54) is 7.11 Å². The zero-order valence-electron chi connectivity index (χ0n) is 8.36. The summed E-state index contributed by atoms with van der Waals surface area (Å²) >= 11 is 0. The smallest absolute Gasteiger partial charge is 0.337 e. The van der Waals surface area contributed by atoms with Crippen LogP contribution in [0, 0.1) is 0 Å². The first-order chi connectivity index (χ1) is 7.31. The number of nitrogens with one attached hydrogen (secondary N) is 1. The Bertz CT molecular complexity index is 447. The Morgan fingerprint density at radius 2 is 2.13 bits per heavy atom. The number of fused-ring (bicyclic) bond motifs is 1. The molecule has 1 N–H and O–H groups in total. The largest absolute Gasteiger partial charge is 0.465 e. The molecule has 0 saturated heterocycles. The summed E-state index contributed by atoms with van der Waals surface area (Å²) in [7, 11) is 1.38. The monoisotopic (exact) mass is 201 g/mol. The Morgan fingerprint density at radius 3 is 2.93 bits per heavy atom. The highest BCUT2D eigenvalue weighted by Crippen LogP contribution is 2.21. The molecule has 0 atom stereocenters. The van der Waals surface area contributed by atoms with Crippen molar-refractivity contribution in [3.63, 3.8) is 0 Å². The second-order valence-corrected chi connectivity index (χ2v) is 3.16. The van der Waals surface area contributed by atoms with Crippen LogP contribution in [0.15, 0.2) is 42.1 Å². The number of hydrogen-bond acceptors (Lipinski definition) is 3. The van der Waals surface area contributed by atoms with Crippen LogP contribution in [0.3, 0.4) is 0 Å². The summed E-state index contributed by atoms with van der Waals surface area (Å²) in [6, 6.07) is 7.77. The molecular formula is C12H11NO2. The van der Waals surface area contributed by atoms with Crippen molar-refractivity contribution < 1.29 is 9.53 Å². The fraction of sp³-hybridized carbons (Fsp3) is 0.0833. The molecule has 1 heterocycles. The van der Waals surface area contributed by atoms with E-state index in [1.807, 2.05) is 24.3 Å². The number of para-hydroxylation sites is 1. The Hall–Kier alpha value is -2.03. The molecule has 0 bridgehead atoms. The number of carbonyl (C=O) groups is 1. The maximum Gasteiger partial charge on any atom is 0.337 e. The quantitative estimate of drug-likeness (QED) is 0.708. The van der Waals surface area contributed by atoms with Crippen LogP contribution in [0.25, 0.3) is 6.08 Å². The van der Waals surface area contributed by atoms with Gasteiger partial charge in [0.25, 0.3) is 0 Å².